The van der Waals surface area contributed by atoms with Gasteiger partial charge in [-0.05, 0) is 42.0 Å². The predicted octanol–water partition coefficient (Wildman–Crippen LogP) is 2.95. The van der Waals surface area contributed by atoms with Crippen molar-refractivity contribution in [2.24, 2.45) is 5.73 Å². The van der Waals surface area contributed by atoms with Crippen LogP contribution in [-0.4, -0.2) is 5.11 Å². The molecule has 0 saturated heterocycles. The van der Waals surface area contributed by atoms with Gasteiger partial charge in [-0.1, -0.05) is 30.3 Å². The van der Waals surface area contributed by atoms with E-state index >= 15 is 0 Å². The van der Waals surface area contributed by atoms with Gasteiger partial charge in [0.2, 0.25) is 0 Å². The number of rotatable bonds is 4. The second-order valence-electron chi connectivity index (χ2n) is 3.91. The largest absolute Gasteiger partial charge is 0.381 e. The van der Waals surface area contributed by atoms with Crippen LogP contribution in [0.1, 0.15) is 5.56 Å². The van der Waals surface area contributed by atoms with E-state index in [1.165, 1.54) is 5.56 Å². The molecule has 3 nitrogen and oxygen atoms in total. The Kier molecular flexibility index (Phi) is 4.15. The van der Waals surface area contributed by atoms with Gasteiger partial charge in [0.15, 0.2) is 5.11 Å². The monoisotopic (exact) mass is 257 g/mol. The number of thiocarbonyl (C=S) groups is 1. The molecule has 0 fully saturated rings. The van der Waals surface area contributed by atoms with Crippen LogP contribution in [0.15, 0.2) is 54.6 Å². The number of anilines is 2. The van der Waals surface area contributed by atoms with Gasteiger partial charge in [-0.15, -0.1) is 0 Å². The highest BCUT2D eigenvalue weighted by molar-refractivity contribution is 7.80. The highest BCUT2D eigenvalue weighted by atomic mass is 32.1. The third-order valence-electron chi connectivity index (χ3n) is 2.49. The number of nitrogens with two attached hydrogens (primary N) is 1. The van der Waals surface area contributed by atoms with Crippen LogP contribution in [0.4, 0.5) is 11.4 Å². The SMILES string of the molecule is NC(=S)Nc1ccc(NCc2ccccc2)cc1. The Morgan fingerprint density at radius 2 is 1.56 bits per heavy atom. The zero-order valence-electron chi connectivity index (χ0n) is 9.89. The summed E-state index contributed by atoms with van der Waals surface area (Å²) in [6.45, 7) is 0.808. The van der Waals surface area contributed by atoms with Crippen molar-refractivity contribution < 1.29 is 0 Å². The van der Waals surface area contributed by atoms with Crippen molar-refractivity contribution in [3.05, 3.63) is 60.2 Å². The first-order valence-electron chi connectivity index (χ1n) is 5.68. The van der Waals surface area contributed by atoms with Crippen molar-refractivity contribution >= 4 is 28.7 Å². The molecule has 0 heterocycles. The first kappa shape index (κ1) is 12.4. The molecule has 0 saturated carbocycles. The zero-order valence-corrected chi connectivity index (χ0v) is 10.7. The predicted molar refractivity (Wildman–Crippen MR) is 80.6 cm³/mol. The van der Waals surface area contributed by atoms with Crippen LogP contribution in [-0.2, 0) is 6.54 Å². The minimum absolute atomic E-state index is 0.278. The summed E-state index contributed by atoms with van der Waals surface area (Å²) in [5, 5.41) is 6.51. The molecule has 4 N–H and O–H groups in total. The van der Waals surface area contributed by atoms with E-state index in [1.807, 2.05) is 42.5 Å². The highest BCUT2D eigenvalue weighted by Crippen LogP contribution is 2.14. The van der Waals surface area contributed by atoms with Crippen molar-refractivity contribution in [3.63, 3.8) is 0 Å². The van der Waals surface area contributed by atoms with Gasteiger partial charge in [0.1, 0.15) is 0 Å². The fraction of sp³-hybridized carbons (Fsp3) is 0.0714. The second-order valence-corrected chi connectivity index (χ2v) is 4.35. The Bertz CT molecular complexity index is 508. The number of nitrogens with one attached hydrogen (secondary N) is 2. The molecule has 2 aromatic carbocycles. The van der Waals surface area contributed by atoms with E-state index in [9.17, 15) is 0 Å². The van der Waals surface area contributed by atoms with Crippen LogP contribution >= 0.6 is 12.2 Å². The third-order valence-corrected chi connectivity index (χ3v) is 2.59. The van der Waals surface area contributed by atoms with E-state index in [-0.39, 0.29) is 5.11 Å². The van der Waals surface area contributed by atoms with Crippen molar-refractivity contribution in [1.29, 1.82) is 0 Å². The highest BCUT2D eigenvalue weighted by Gasteiger charge is 1.95. The third kappa shape index (κ3) is 3.75. The smallest absolute Gasteiger partial charge is 0.168 e. The number of benzene rings is 2. The minimum atomic E-state index is 0.278. The quantitative estimate of drug-likeness (QED) is 0.737. The molecule has 2 rings (SSSR count). The molecule has 0 aliphatic heterocycles. The molecular formula is C14H15N3S. The first-order chi connectivity index (χ1) is 8.74. The van der Waals surface area contributed by atoms with Crippen LogP contribution in [0.2, 0.25) is 0 Å². The Labute approximate surface area is 112 Å². The molecule has 0 bridgehead atoms. The van der Waals surface area contributed by atoms with Gasteiger partial charge in [-0.2, -0.15) is 0 Å². The van der Waals surface area contributed by atoms with Gasteiger partial charge in [-0.3, -0.25) is 0 Å². The van der Waals surface area contributed by atoms with Crippen molar-refractivity contribution in [2.45, 2.75) is 6.54 Å². The van der Waals surface area contributed by atoms with Crippen LogP contribution in [0, 0.1) is 0 Å². The van der Waals surface area contributed by atoms with Crippen molar-refractivity contribution in [1.82, 2.24) is 0 Å². The lowest BCUT2D eigenvalue weighted by Crippen LogP contribution is -2.18. The summed E-state index contributed by atoms with van der Waals surface area (Å²) in [4.78, 5) is 0. The van der Waals surface area contributed by atoms with E-state index in [1.54, 1.807) is 0 Å². The second kappa shape index (κ2) is 6.02. The Morgan fingerprint density at radius 3 is 2.17 bits per heavy atom. The summed E-state index contributed by atoms with van der Waals surface area (Å²) in [5.74, 6) is 0. The average molecular weight is 257 g/mol. The normalized spacial score (nSPS) is 9.78. The van der Waals surface area contributed by atoms with E-state index < -0.39 is 0 Å². The molecule has 0 aromatic heterocycles. The molecule has 2 aromatic rings. The molecule has 0 spiro atoms. The van der Waals surface area contributed by atoms with Crippen molar-refractivity contribution in [3.8, 4) is 0 Å². The molecule has 92 valence electrons. The molecule has 0 aliphatic carbocycles. The van der Waals surface area contributed by atoms with Gasteiger partial charge < -0.3 is 16.4 Å². The summed E-state index contributed by atoms with van der Waals surface area (Å²) >= 11 is 4.78. The summed E-state index contributed by atoms with van der Waals surface area (Å²) in [6, 6.07) is 18.1. The Balaban J connectivity index is 1.92. The fourth-order valence-corrected chi connectivity index (χ4v) is 1.73. The zero-order chi connectivity index (χ0) is 12.8. The topological polar surface area (TPSA) is 50.1 Å². The molecular weight excluding hydrogens is 242 g/mol. The van der Waals surface area contributed by atoms with E-state index in [2.05, 4.69) is 22.8 Å². The maximum Gasteiger partial charge on any atom is 0.168 e. The maximum atomic E-state index is 5.40. The summed E-state index contributed by atoms with van der Waals surface area (Å²) in [7, 11) is 0. The van der Waals surface area contributed by atoms with Gasteiger partial charge in [0.25, 0.3) is 0 Å². The average Bonchev–Trinajstić information content (AvgIpc) is 2.38. The van der Waals surface area contributed by atoms with E-state index in [0.29, 0.717) is 0 Å². The van der Waals surface area contributed by atoms with Crippen LogP contribution in [0.25, 0.3) is 0 Å². The fourth-order valence-electron chi connectivity index (χ4n) is 1.61. The maximum absolute atomic E-state index is 5.40. The van der Waals surface area contributed by atoms with Gasteiger partial charge in [0.05, 0.1) is 0 Å². The summed E-state index contributed by atoms with van der Waals surface area (Å²) in [5.41, 5.74) is 8.61. The Morgan fingerprint density at radius 1 is 0.944 bits per heavy atom. The first-order valence-corrected chi connectivity index (χ1v) is 6.09. The lowest BCUT2D eigenvalue weighted by molar-refractivity contribution is 1.15. The molecule has 4 heteroatoms. The van der Waals surface area contributed by atoms with E-state index in [4.69, 9.17) is 18.0 Å². The molecule has 18 heavy (non-hydrogen) atoms. The van der Waals surface area contributed by atoms with E-state index in [0.717, 1.165) is 17.9 Å². The van der Waals surface area contributed by atoms with Gasteiger partial charge in [-0.25, -0.2) is 0 Å². The molecule has 0 amide bonds. The lowest BCUT2D eigenvalue weighted by atomic mass is 10.2. The van der Waals surface area contributed by atoms with Gasteiger partial charge in [0, 0.05) is 17.9 Å². The molecule has 0 unspecified atom stereocenters. The number of hydrogen-bond acceptors (Lipinski definition) is 2. The van der Waals surface area contributed by atoms with Crippen LogP contribution < -0.4 is 16.4 Å². The van der Waals surface area contributed by atoms with Crippen LogP contribution in [0.5, 0.6) is 0 Å². The van der Waals surface area contributed by atoms with Crippen LogP contribution in [0.3, 0.4) is 0 Å². The van der Waals surface area contributed by atoms with Gasteiger partial charge >= 0.3 is 0 Å². The summed E-state index contributed by atoms with van der Waals surface area (Å²) in [6.07, 6.45) is 0. The Hall–Kier alpha value is -2.07. The molecule has 0 aliphatic rings. The number of hydrogen-bond donors (Lipinski definition) is 3. The molecule has 0 atom stereocenters. The molecule has 0 radical (unpaired) electrons. The summed E-state index contributed by atoms with van der Waals surface area (Å²) < 4.78 is 0. The van der Waals surface area contributed by atoms with Crippen molar-refractivity contribution in [2.75, 3.05) is 10.6 Å². The lowest BCUT2D eigenvalue weighted by Gasteiger charge is -2.08. The minimum Gasteiger partial charge on any atom is -0.381 e. The standard InChI is InChI=1S/C14H15N3S/c15-14(18)17-13-8-6-12(7-9-13)16-10-11-4-2-1-3-5-11/h1-9,16H,10H2,(H3,15,17,18).